The average Bonchev–Trinajstić information content (AvgIpc) is 3.04. The van der Waals surface area contributed by atoms with Gasteiger partial charge in [0.1, 0.15) is 9.88 Å². The zero-order valence-corrected chi connectivity index (χ0v) is 15.9. The van der Waals surface area contributed by atoms with Gasteiger partial charge in [0.25, 0.3) is 5.91 Å². The van der Waals surface area contributed by atoms with Gasteiger partial charge in [0.2, 0.25) is 0 Å². The van der Waals surface area contributed by atoms with E-state index < -0.39 is 0 Å². The number of aryl methyl sites for hydroxylation is 2. The number of nitrogens with zero attached hydrogens (tertiary/aromatic N) is 3. The molecule has 8 heteroatoms. The summed E-state index contributed by atoms with van der Waals surface area (Å²) in [5.41, 5.74) is 5.70. The Bertz CT molecular complexity index is 1010. The molecule has 0 fully saturated rings. The van der Waals surface area contributed by atoms with E-state index in [0.717, 1.165) is 16.1 Å². The summed E-state index contributed by atoms with van der Waals surface area (Å²) < 4.78 is 4.99. The van der Waals surface area contributed by atoms with Crippen molar-refractivity contribution in [3.8, 4) is 22.1 Å². The Kier molecular flexibility index (Phi) is 5.46. The Balaban J connectivity index is 1.73. The molecular formula is C19H18N4O3S. The number of methoxy groups -OCH3 is 1. The summed E-state index contributed by atoms with van der Waals surface area (Å²) in [4.78, 5) is 21.5. The Labute approximate surface area is 160 Å². The van der Waals surface area contributed by atoms with Crippen molar-refractivity contribution in [3.63, 3.8) is 0 Å². The predicted octanol–water partition coefficient (Wildman–Crippen LogP) is 3.30. The van der Waals surface area contributed by atoms with Crippen LogP contribution in [0.25, 0.3) is 10.6 Å². The molecule has 0 saturated heterocycles. The fourth-order valence-electron chi connectivity index (χ4n) is 2.41. The molecule has 138 valence electrons. The van der Waals surface area contributed by atoms with E-state index in [-0.39, 0.29) is 11.7 Å². The molecule has 0 spiro atoms. The van der Waals surface area contributed by atoms with Crippen LogP contribution in [-0.4, -0.2) is 34.3 Å². The lowest BCUT2D eigenvalue weighted by Crippen LogP contribution is -2.17. The molecule has 0 aliphatic heterocycles. The van der Waals surface area contributed by atoms with Crippen LogP contribution in [0.1, 0.15) is 26.5 Å². The molecule has 7 nitrogen and oxygen atoms in total. The number of hydrazone groups is 1. The molecule has 0 saturated carbocycles. The molecular weight excluding hydrogens is 364 g/mol. The number of carbonyl (C=O) groups is 1. The van der Waals surface area contributed by atoms with Crippen LogP contribution in [-0.2, 0) is 0 Å². The lowest BCUT2D eigenvalue weighted by atomic mass is 10.2. The number of aromatic nitrogens is 2. The molecule has 2 heterocycles. The third-order valence-corrected chi connectivity index (χ3v) is 5.04. The lowest BCUT2D eigenvalue weighted by Gasteiger charge is -2.03. The number of hydrogen-bond acceptors (Lipinski definition) is 7. The molecule has 1 amide bonds. The second-order valence-corrected chi connectivity index (χ2v) is 6.75. The van der Waals surface area contributed by atoms with Gasteiger partial charge in [-0.15, -0.1) is 11.3 Å². The molecule has 3 rings (SSSR count). The van der Waals surface area contributed by atoms with Crippen molar-refractivity contribution in [2.75, 3.05) is 7.11 Å². The van der Waals surface area contributed by atoms with Gasteiger partial charge in [-0.3, -0.25) is 9.78 Å². The van der Waals surface area contributed by atoms with Gasteiger partial charge in [-0.1, -0.05) is 0 Å². The second-order valence-electron chi connectivity index (χ2n) is 5.75. The first-order valence-corrected chi connectivity index (χ1v) is 8.90. The van der Waals surface area contributed by atoms with Crippen molar-refractivity contribution in [1.82, 2.24) is 15.4 Å². The molecule has 3 aromatic rings. The van der Waals surface area contributed by atoms with Gasteiger partial charge in [-0.25, -0.2) is 10.4 Å². The maximum atomic E-state index is 12.4. The number of carbonyl (C=O) groups excluding carboxylic acids is 1. The molecule has 0 aliphatic rings. The van der Waals surface area contributed by atoms with Crippen LogP contribution in [0, 0.1) is 13.8 Å². The number of pyridine rings is 1. The van der Waals surface area contributed by atoms with Gasteiger partial charge in [0, 0.05) is 18.0 Å². The van der Waals surface area contributed by atoms with E-state index in [4.69, 9.17) is 4.74 Å². The van der Waals surface area contributed by atoms with Crippen LogP contribution in [0.3, 0.4) is 0 Å². The number of phenols is 1. The number of rotatable bonds is 5. The van der Waals surface area contributed by atoms with E-state index in [1.807, 2.05) is 13.0 Å². The summed E-state index contributed by atoms with van der Waals surface area (Å²) in [5.74, 6) is 0.0315. The van der Waals surface area contributed by atoms with Crippen LogP contribution in [0.4, 0.5) is 0 Å². The minimum atomic E-state index is -0.341. The molecule has 0 unspecified atom stereocenters. The summed E-state index contributed by atoms with van der Waals surface area (Å²) in [6.45, 7) is 3.76. The van der Waals surface area contributed by atoms with E-state index in [1.54, 1.807) is 31.5 Å². The van der Waals surface area contributed by atoms with Crippen LogP contribution < -0.4 is 10.2 Å². The maximum absolute atomic E-state index is 12.4. The average molecular weight is 382 g/mol. The highest BCUT2D eigenvalue weighted by Gasteiger charge is 2.17. The number of benzene rings is 1. The molecule has 2 N–H and O–H groups in total. The third-order valence-electron chi connectivity index (χ3n) is 3.85. The first-order valence-electron chi connectivity index (χ1n) is 8.08. The van der Waals surface area contributed by atoms with E-state index in [0.29, 0.717) is 21.9 Å². The van der Waals surface area contributed by atoms with Gasteiger partial charge in [0.05, 0.1) is 19.0 Å². The summed E-state index contributed by atoms with van der Waals surface area (Å²) >= 11 is 1.29. The Morgan fingerprint density at radius 2 is 2.15 bits per heavy atom. The molecule has 0 radical (unpaired) electrons. The van der Waals surface area contributed by atoms with Gasteiger partial charge < -0.3 is 9.84 Å². The first-order chi connectivity index (χ1) is 13.0. The molecule has 27 heavy (non-hydrogen) atoms. The van der Waals surface area contributed by atoms with Crippen molar-refractivity contribution < 1.29 is 14.6 Å². The van der Waals surface area contributed by atoms with Crippen molar-refractivity contribution in [3.05, 3.63) is 58.4 Å². The normalized spacial score (nSPS) is 10.9. The van der Waals surface area contributed by atoms with Crippen LogP contribution in [0.2, 0.25) is 0 Å². The number of ether oxygens (including phenoxy) is 1. The summed E-state index contributed by atoms with van der Waals surface area (Å²) in [6, 6.07) is 6.74. The maximum Gasteiger partial charge on any atom is 0.283 e. The topological polar surface area (TPSA) is 96.7 Å². The van der Waals surface area contributed by atoms with Crippen molar-refractivity contribution in [1.29, 1.82) is 0 Å². The fraction of sp³-hybridized carbons (Fsp3) is 0.158. The zero-order valence-electron chi connectivity index (χ0n) is 15.1. The molecule has 1 aromatic carbocycles. The Hall–Kier alpha value is -3.26. The van der Waals surface area contributed by atoms with Crippen LogP contribution in [0.5, 0.6) is 11.5 Å². The van der Waals surface area contributed by atoms with Crippen LogP contribution in [0.15, 0.2) is 41.8 Å². The highest BCUT2D eigenvalue weighted by atomic mass is 32.1. The molecule has 2 aromatic heterocycles. The minimum Gasteiger partial charge on any atom is -0.504 e. The number of aromatic hydroxyl groups is 1. The van der Waals surface area contributed by atoms with Crippen molar-refractivity contribution in [2.24, 2.45) is 5.10 Å². The molecule has 0 atom stereocenters. The summed E-state index contributed by atoms with van der Waals surface area (Å²) in [5, 5.41) is 14.5. The number of amides is 1. The van der Waals surface area contributed by atoms with E-state index in [1.165, 1.54) is 30.7 Å². The molecule has 0 bridgehead atoms. The quantitative estimate of drug-likeness (QED) is 0.521. The van der Waals surface area contributed by atoms with E-state index in [9.17, 15) is 9.90 Å². The fourth-order valence-corrected chi connectivity index (χ4v) is 3.44. The van der Waals surface area contributed by atoms with Gasteiger partial charge in [-0.05, 0) is 49.2 Å². The second kappa shape index (κ2) is 7.96. The standard InChI is InChI=1S/C19H18N4O3S/c1-11-6-7-20-10-14(11)19-22-12(2)17(27-19)18(25)23-21-9-13-4-5-16(26-3)15(24)8-13/h4-10,24H,1-3H3,(H,23,25)/b21-9+. The highest BCUT2D eigenvalue weighted by molar-refractivity contribution is 7.17. The molecule has 0 aliphatic carbocycles. The Morgan fingerprint density at radius 3 is 2.85 bits per heavy atom. The Morgan fingerprint density at radius 1 is 1.33 bits per heavy atom. The first kappa shape index (κ1) is 18.5. The van der Waals surface area contributed by atoms with E-state index >= 15 is 0 Å². The van der Waals surface area contributed by atoms with Gasteiger partial charge >= 0.3 is 0 Å². The number of phenolic OH excluding ortho intramolecular Hbond substituents is 1. The van der Waals surface area contributed by atoms with Gasteiger partial charge in [-0.2, -0.15) is 5.10 Å². The van der Waals surface area contributed by atoms with Crippen molar-refractivity contribution in [2.45, 2.75) is 13.8 Å². The van der Waals surface area contributed by atoms with E-state index in [2.05, 4.69) is 20.5 Å². The highest BCUT2D eigenvalue weighted by Crippen LogP contribution is 2.29. The summed E-state index contributed by atoms with van der Waals surface area (Å²) in [6.07, 6.45) is 4.90. The lowest BCUT2D eigenvalue weighted by molar-refractivity contribution is 0.0958. The SMILES string of the molecule is COc1ccc(/C=N/NC(=O)c2sc(-c3cnccc3C)nc2C)cc1O. The largest absolute Gasteiger partial charge is 0.504 e. The number of nitrogens with one attached hydrogen (secondary N) is 1. The van der Waals surface area contributed by atoms with Gasteiger partial charge in [0.15, 0.2) is 11.5 Å². The number of hydrogen-bond donors (Lipinski definition) is 2. The smallest absolute Gasteiger partial charge is 0.283 e. The predicted molar refractivity (Wildman–Crippen MR) is 105 cm³/mol. The summed E-state index contributed by atoms with van der Waals surface area (Å²) in [7, 11) is 1.47. The number of thiazole rings is 1. The van der Waals surface area contributed by atoms with Crippen molar-refractivity contribution >= 4 is 23.5 Å². The van der Waals surface area contributed by atoms with Crippen LogP contribution >= 0.6 is 11.3 Å². The zero-order chi connectivity index (χ0) is 19.4. The monoisotopic (exact) mass is 382 g/mol. The third kappa shape index (κ3) is 4.12. The minimum absolute atomic E-state index is 0.00237.